The van der Waals surface area contributed by atoms with Crippen LogP contribution in [0.5, 0.6) is 0 Å². The summed E-state index contributed by atoms with van der Waals surface area (Å²) in [6.45, 7) is 4.53. The molecule has 0 aliphatic rings. The maximum atomic E-state index is 8.74. The van der Waals surface area contributed by atoms with Crippen LogP contribution < -0.4 is 0 Å². The highest BCUT2D eigenvalue weighted by Gasteiger charge is 1.75. The van der Waals surface area contributed by atoms with Crippen molar-refractivity contribution < 1.29 is 14.4 Å². The van der Waals surface area contributed by atoms with Gasteiger partial charge in [0, 0.05) is 6.54 Å². The molecule has 4 nitrogen and oxygen atoms in total. The third-order valence-corrected chi connectivity index (χ3v) is 0.494. The van der Waals surface area contributed by atoms with E-state index in [1.807, 2.05) is 20.2 Å². The Balaban J connectivity index is 0. The molecule has 0 aromatic rings. The Morgan fingerprint density at radius 3 is 1.90 bits per heavy atom. The summed E-state index contributed by atoms with van der Waals surface area (Å²) in [7, 11) is 0.901. The number of rotatable bonds is 2. The van der Waals surface area contributed by atoms with Crippen molar-refractivity contribution >= 4 is 8.25 Å². The molecule has 0 saturated heterocycles. The summed E-state index contributed by atoms with van der Waals surface area (Å²) in [5.74, 6) is 0. The molecule has 0 radical (unpaired) electrons. The lowest BCUT2D eigenvalue weighted by atomic mass is 10.6. The predicted octanol–water partition coefficient (Wildman–Crippen LogP) is 0.0947. The van der Waals surface area contributed by atoms with Gasteiger partial charge in [0.1, 0.15) is 0 Å². The fraction of sp³-hybridized carbons (Fsp3) is 0.600. The first-order valence-corrected chi connectivity index (χ1v) is 3.98. The minimum atomic E-state index is -3.13. The van der Waals surface area contributed by atoms with Crippen LogP contribution in [-0.2, 0) is 4.57 Å². The van der Waals surface area contributed by atoms with E-state index in [9.17, 15) is 0 Å². The number of hydrogen-bond donors (Lipinski definition) is 2. The summed E-state index contributed by atoms with van der Waals surface area (Å²) in [4.78, 5) is 16.4. The molecule has 0 saturated carbocycles. The molecule has 0 aliphatic carbocycles. The average molecular weight is 167 g/mol. The van der Waals surface area contributed by atoms with Crippen LogP contribution in [-0.4, -0.2) is 35.3 Å². The van der Waals surface area contributed by atoms with Crippen LogP contribution in [0.2, 0.25) is 0 Å². The summed E-state index contributed by atoms with van der Waals surface area (Å²) >= 11 is 0. The van der Waals surface area contributed by atoms with Crippen molar-refractivity contribution in [3.05, 3.63) is 12.7 Å². The third kappa shape index (κ3) is 45.3. The summed E-state index contributed by atoms with van der Waals surface area (Å²) in [6.07, 6.45) is 1.88. The van der Waals surface area contributed by atoms with E-state index >= 15 is 0 Å². The van der Waals surface area contributed by atoms with Gasteiger partial charge in [0.2, 0.25) is 0 Å². The molecule has 0 unspecified atom stereocenters. The van der Waals surface area contributed by atoms with Gasteiger partial charge in [-0.15, -0.1) is 6.58 Å². The van der Waals surface area contributed by atoms with Crippen LogP contribution in [0.3, 0.4) is 0 Å². The first kappa shape index (κ1) is 12.5. The van der Waals surface area contributed by atoms with E-state index in [1.165, 1.54) is 0 Å². The molecule has 10 heavy (non-hydrogen) atoms. The Labute approximate surface area is 61.7 Å². The second-order valence-corrected chi connectivity index (χ2v) is 2.40. The Hall–Kier alpha value is -0.150. The zero-order chi connectivity index (χ0) is 8.57. The Morgan fingerprint density at radius 1 is 1.60 bits per heavy atom. The van der Waals surface area contributed by atoms with Crippen LogP contribution >= 0.6 is 8.25 Å². The standard InChI is InChI=1S/C5H11N.H3O3P/c1-4-5-6(2)3;1-4(2)3/h4H,1,5H2,2-3H3;4H,(H2,1,2,3). The lowest BCUT2D eigenvalue weighted by Crippen LogP contribution is -2.09. The van der Waals surface area contributed by atoms with Crippen LogP contribution in [0, 0.1) is 0 Å². The van der Waals surface area contributed by atoms with Crippen LogP contribution in [0.25, 0.3) is 0 Å². The highest BCUT2D eigenvalue weighted by atomic mass is 31.1. The van der Waals surface area contributed by atoms with Gasteiger partial charge in [-0.3, -0.25) is 4.57 Å². The molecular weight excluding hydrogens is 153 g/mol. The van der Waals surface area contributed by atoms with E-state index in [-0.39, 0.29) is 0 Å². The molecular formula is C5H14NO3P. The second kappa shape index (κ2) is 8.85. The zero-order valence-electron chi connectivity index (χ0n) is 6.24. The highest BCUT2D eigenvalue weighted by Crippen LogP contribution is 1.98. The molecule has 62 valence electrons. The maximum absolute atomic E-state index is 8.74. The van der Waals surface area contributed by atoms with Crippen molar-refractivity contribution in [1.82, 2.24) is 4.90 Å². The van der Waals surface area contributed by atoms with Crippen molar-refractivity contribution in [1.29, 1.82) is 0 Å². The lowest BCUT2D eigenvalue weighted by Gasteiger charge is -2.01. The van der Waals surface area contributed by atoms with Gasteiger partial charge in [-0.2, -0.15) is 0 Å². The fourth-order valence-corrected chi connectivity index (χ4v) is 0.258. The largest absolute Gasteiger partial charge is 0.326 e. The van der Waals surface area contributed by atoms with Gasteiger partial charge in [-0.1, -0.05) is 6.08 Å². The molecule has 5 heteroatoms. The molecule has 0 aliphatic heterocycles. The van der Waals surface area contributed by atoms with E-state index < -0.39 is 8.25 Å². The van der Waals surface area contributed by atoms with Crippen LogP contribution in [0.15, 0.2) is 12.7 Å². The van der Waals surface area contributed by atoms with Gasteiger partial charge >= 0.3 is 8.25 Å². The number of likely N-dealkylation sites (N-methyl/N-ethyl adjacent to an activating group) is 1. The maximum Gasteiger partial charge on any atom is 0.314 e. The SMILES string of the molecule is C=CCN(C)C.O=[PH](O)O. The zero-order valence-corrected chi connectivity index (χ0v) is 7.24. The summed E-state index contributed by atoms with van der Waals surface area (Å²) in [6, 6.07) is 0. The van der Waals surface area contributed by atoms with E-state index in [0.29, 0.717) is 0 Å². The molecule has 0 fully saturated rings. The fourth-order valence-electron chi connectivity index (χ4n) is 0.258. The Bertz CT molecular complexity index is 101. The number of nitrogens with zero attached hydrogens (tertiary/aromatic N) is 1. The van der Waals surface area contributed by atoms with Gasteiger partial charge < -0.3 is 14.7 Å². The van der Waals surface area contributed by atoms with E-state index in [2.05, 4.69) is 11.5 Å². The van der Waals surface area contributed by atoms with Crippen molar-refractivity contribution in [2.75, 3.05) is 20.6 Å². The summed E-state index contributed by atoms with van der Waals surface area (Å²) in [5, 5.41) is 0. The molecule has 0 atom stereocenters. The monoisotopic (exact) mass is 167 g/mol. The first-order valence-electron chi connectivity index (χ1n) is 2.68. The second-order valence-electron chi connectivity index (χ2n) is 1.83. The quantitative estimate of drug-likeness (QED) is 0.452. The minimum absolute atomic E-state index is 0.972. The van der Waals surface area contributed by atoms with Gasteiger partial charge in [0.25, 0.3) is 0 Å². The van der Waals surface area contributed by atoms with Crippen molar-refractivity contribution in [3.8, 4) is 0 Å². The Morgan fingerprint density at radius 2 is 1.90 bits per heavy atom. The molecule has 0 heterocycles. The average Bonchev–Trinajstić information content (AvgIpc) is 1.62. The molecule has 0 bridgehead atoms. The van der Waals surface area contributed by atoms with Crippen molar-refractivity contribution in [2.24, 2.45) is 0 Å². The normalized spacial score (nSPS) is 9.00. The molecule has 0 aromatic heterocycles. The third-order valence-electron chi connectivity index (χ3n) is 0.494. The van der Waals surface area contributed by atoms with Gasteiger partial charge in [-0.25, -0.2) is 0 Å². The van der Waals surface area contributed by atoms with E-state index in [1.54, 1.807) is 0 Å². The Kier molecular flexibility index (Phi) is 11.1. The topological polar surface area (TPSA) is 60.8 Å². The van der Waals surface area contributed by atoms with Crippen molar-refractivity contribution in [3.63, 3.8) is 0 Å². The van der Waals surface area contributed by atoms with Crippen molar-refractivity contribution in [2.45, 2.75) is 0 Å². The molecule has 0 aromatic carbocycles. The molecule has 2 N–H and O–H groups in total. The molecule has 0 spiro atoms. The van der Waals surface area contributed by atoms with E-state index in [0.717, 1.165) is 6.54 Å². The van der Waals surface area contributed by atoms with Crippen LogP contribution in [0.1, 0.15) is 0 Å². The van der Waals surface area contributed by atoms with Gasteiger partial charge in [0.15, 0.2) is 0 Å². The van der Waals surface area contributed by atoms with Gasteiger partial charge in [-0.05, 0) is 14.1 Å². The number of hydrogen-bond acceptors (Lipinski definition) is 2. The first-order chi connectivity index (χ1) is 4.50. The highest BCUT2D eigenvalue weighted by molar-refractivity contribution is 7.30. The minimum Gasteiger partial charge on any atom is -0.326 e. The summed E-state index contributed by atoms with van der Waals surface area (Å²) in [5.41, 5.74) is 0. The van der Waals surface area contributed by atoms with Gasteiger partial charge in [0.05, 0.1) is 0 Å². The predicted molar refractivity (Wildman–Crippen MR) is 42.2 cm³/mol. The lowest BCUT2D eigenvalue weighted by molar-refractivity contribution is 0.405. The summed E-state index contributed by atoms with van der Waals surface area (Å²) < 4.78 is 8.74. The smallest absolute Gasteiger partial charge is 0.314 e. The van der Waals surface area contributed by atoms with Crippen LogP contribution in [0.4, 0.5) is 0 Å². The van der Waals surface area contributed by atoms with E-state index in [4.69, 9.17) is 14.4 Å². The molecule has 0 rings (SSSR count). The molecule has 0 amide bonds.